The van der Waals surface area contributed by atoms with Crippen molar-refractivity contribution in [1.82, 2.24) is 9.97 Å². The molecule has 0 unspecified atom stereocenters. The Kier molecular flexibility index (Phi) is 3.00. The number of imidazole rings is 1. The first-order valence-corrected chi connectivity index (χ1v) is 6.48. The number of nitrogens with zero attached hydrogens (tertiary/aromatic N) is 1. The van der Waals surface area contributed by atoms with Gasteiger partial charge in [0, 0.05) is 29.9 Å². The minimum Gasteiger partial charge on any atom is -0.428 e. The lowest BCUT2D eigenvalue weighted by molar-refractivity contribution is 0.355. The van der Waals surface area contributed by atoms with Gasteiger partial charge in [-0.2, -0.15) is 0 Å². The molecule has 4 nitrogen and oxygen atoms in total. The monoisotopic (exact) mass is 244 g/mol. The fraction of sp³-hybridized carbons (Fsp3) is 0.429. The SMILES string of the molecule is O=c1cc(-c2ncc[nH]2)cc(C2CCCCC2)o1. The van der Waals surface area contributed by atoms with Gasteiger partial charge in [-0.05, 0) is 18.9 Å². The highest BCUT2D eigenvalue weighted by Crippen LogP contribution is 2.33. The third kappa shape index (κ3) is 2.23. The van der Waals surface area contributed by atoms with Crippen molar-refractivity contribution < 1.29 is 4.42 Å². The Balaban J connectivity index is 1.98. The van der Waals surface area contributed by atoms with Crippen molar-refractivity contribution in [2.75, 3.05) is 0 Å². The van der Waals surface area contributed by atoms with E-state index in [1.54, 1.807) is 12.4 Å². The largest absolute Gasteiger partial charge is 0.428 e. The fourth-order valence-corrected chi connectivity index (χ4v) is 2.65. The van der Waals surface area contributed by atoms with E-state index >= 15 is 0 Å². The van der Waals surface area contributed by atoms with E-state index in [-0.39, 0.29) is 5.63 Å². The van der Waals surface area contributed by atoms with Gasteiger partial charge in [-0.3, -0.25) is 0 Å². The van der Waals surface area contributed by atoms with Crippen molar-refractivity contribution in [2.45, 2.75) is 38.0 Å². The maximum atomic E-state index is 11.6. The molecule has 1 saturated carbocycles. The van der Waals surface area contributed by atoms with Gasteiger partial charge in [0.25, 0.3) is 0 Å². The molecule has 0 amide bonds. The summed E-state index contributed by atoms with van der Waals surface area (Å²) in [5, 5.41) is 0. The first kappa shape index (κ1) is 11.3. The lowest BCUT2D eigenvalue weighted by atomic mass is 9.87. The van der Waals surface area contributed by atoms with Crippen molar-refractivity contribution in [3.8, 4) is 11.4 Å². The van der Waals surface area contributed by atoms with E-state index in [1.165, 1.54) is 25.3 Å². The minimum atomic E-state index is -0.288. The smallest absolute Gasteiger partial charge is 0.336 e. The molecule has 2 heterocycles. The van der Waals surface area contributed by atoms with Crippen LogP contribution in [0.1, 0.15) is 43.8 Å². The summed E-state index contributed by atoms with van der Waals surface area (Å²) < 4.78 is 5.36. The van der Waals surface area contributed by atoms with Crippen LogP contribution in [-0.4, -0.2) is 9.97 Å². The molecule has 0 aromatic carbocycles. The van der Waals surface area contributed by atoms with Crippen LogP contribution in [0, 0.1) is 0 Å². The molecule has 1 aliphatic rings. The van der Waals surface area contributed by atoms with Crippen LogP contribution in [0.4, 0.5) is 0 Å². The van der Waals surface area contributed by atoms with Crippen LogP contribution in [0.15, 0.2) is 33.7 Å². The lowest BCUT2D eigenvalue weighted by Gasteiger charge is -2.20. The first-order chi connectivity index (χ1) is 8.83. The van der Waals surface area contributed by atoms with E-state index in [9.17, 15) is 4.79 Å². The van der Waals surface area contributed by atoms with Crippen LogP contribution in [0.5, 0.6) is 0 Å². The summed E-state index contributed by atoms with van der Waals surface area (Å²) in [5.41, 5.74) is 0.529. The lowest BCUT2D eigenvalue weighted by Crippen LogP contribution is -2.09. The van der Waals surface area contributed by atoms with Crippen LogP contribution < -0.4 is 5.63 Å². The Morgan fingerprint density at radius 3 is 2.78 bits per heavy atom. The van der Waals surface area contributed by atoms with Crippen LogP contribution in [0.2, 0.25) is 0 Å². The summed E-state index contributed by atoms with van der Waals surface area (Å²) in [7, 11) is 0. The standard InChI is InChI=1S/C14H16N2O2/c17-13-9-11(14-15-6-7-16-14)8-12(18-13)10-4-2-1-3-5-10/h6-10H,1-5H2,(H,15,16). The zero-order valence-electron chi connectivity index (χ0n) is 10.2. The molecule has 1 fully saturated rings. The molecule has 0 saturated heterocycles. The highest BCUT2D eigenvalue weighted by molar-refractivity contribution is 5.54. The number of H-pyrrole nitrogens is 1. The minimum absolute atomic E-state index is 0.288. The number of aromatic amines is 1. The molecule has 94 valence electrons. The normalized spacial score (nSPS) is 16.9. The molecular weight excluding hydrogens is 228 g/mol. The molecule has 18 heavy (non-hydrogen) atoms. The molecule has 4 heteroatoms. The van der Waals surface area contributed by atoms with Gasteiger partial charge < -0.3 is 9.40 Å². The Morgan fingerprint density at radius 1 is 1.22 bits per heavy atom. The fourth-order valence-electron chi connectivity index (χ4n) is 2.65. The molecule has 3 rings (SSSR count). The van der Waals surface area contributed by atoms with Gasteiger partial charge in [0.1, 0.15) is 11.6 Å². The maximum Gasteiger partial charge on any atom is 0.336 e. The Labute approximate surface area is 105 Å². The van der Waals surface area contributed by atoms with Crippen molar-refractivity contribution in [3.05, 3.63) is 40.7 Å². The van der Waals surface area contributed by atoms with E-state index < -0.39 is 0 Å². The Morgan fingerprint density at radius 2 is 2.06 bits per heavy atom. The number of hydrogen-bond donors (Lipinski definition) is 1. The van der Waals surface area contributed by atoms with Crippen LogP contribution in [-0.2, 0) is 0 Å². The summed E-state index contributed by atoms with van der Waals surface area (Å²) in [5.74, 6) is 1.93. The highest BCUT2D eigenvalue weighted by Gasteiger charge is 2.19. The molecule has 0 bridgehead atoms. The number of nitrogens with one attached hydrogen (secondary N) is 1. The van der Waals surface area contributed by atoms with E-state index in [2.05, 4.69) is 9.97 Å². The van der Waals surface area contributed by atoms with Gasteiger partial charge in [0.15, 0.2) is 0 Å². The average Bonchev–Trinajstić information content (AvgIpc) is 2.93. The van der Waals surface area contributed by atoms with E-state index in [0.717, 1.165) is 30.0 Å². The second-order valence-electron chi connectivity index (χ2n) is 4.84. The van der Waals surface area contributed by atoms with Crippen molar-refractivity contribution >= 4 is 0 Å². The highest BCUT2D eigenvalue weighted by atomic mass is 16.4. The predicted octanol–water partition coefficient (Wildman–Crippen LogP) is 3.08. The third-order valence-electron chi connectivity index (χ3n) is 3.57. The maximum absolute atomic E-state index is 11.6. The average molecular weight is 244 g/mol. The summed E-state index contributed by atoms with van der Waals surface area (Å²) in [4.78, 5) is 18.8. The van der Waals surface area contributed by atoms with Gasteiger partial charge in [0.2, 0.25) is 0 Å². The summed E-state index contributed by atoms with van der Waals surface area (Å²) >= 11 is 0. The molecular formula is C14H16N2O2. The summed E-state index contributed by atoms with van der Waals surface area (Å²) in [6.07, 6.45) is 9.40. The molecule has 0 atom stereocenters. The van der Waals surface area contributed by atoms with Crippen LogP contribution in [0.3, 0.4) is 0 Å². The second kappa shape index (κ2) is 4.80. The molecule has 2 aromatic rings. The first-order valence-electron chi connectivity index (χ1n) is 6.48. The van der Waals surface area contributed by atoms with E-state index in [0.29, 0.717) is 5.92 Å². The van der Waals surface area contributed by atoms with Gasteiger partial charge >= 0.3 is 5.63 Å². The predicted molar refractivity (Wildman–Crippen MR) is 68.4 cm³/mol. The number of rotatable bonds is 2. The molecule has 0 spiro atoms. The molecule has 2 aromatic heterocycles. The molecule has 1 N–H and O–H groups in total. The molecule has 1 aliphatic carbocycles. The van der Waals surface area contributed by atoms with Gasteiger partial charge in [-0.25, -0.2) is 9.78 Å². The second-order valence-corrected chi connectivity index (χ2v) is 4.84. The summed E-state index contributed by atoms with van der Waals surface area (Å²) in [6.45, 7) is 0. The number of aromatic nitrogens is 2. The topological polar surface area (TPSA) is 58.9 Å². The van der Waals surface area contributed by atoms with Gasteiger partial charge in [-0.1, -0.05) is 19.3 Å². The summed E-state index contributed by atoms with van der Waals surface area (Å²) in [6, 6.07) is 3.45. The van der Waals surface area contributed by atoms with E-state index in [4.69, 9.17) is 4.42 Å². The van der Waals surface area contributed by atoms with Crippen molar-refractivity contribution in [3.63, 3.8) is 0 Å². The third-order valence-corrected chi connectivity index (χ3v) is 3.57. The van der Waals surface area contributed by atoms with Crippen LogP contribution >= 0.6 is 0 Å². The van der Waals surface area contributed by atoms with Gasteiger partial charge in [-0.15, -0.1) is 0 Å². The zero-order valence-corrected chi connectivity index (χ0v) is 10.2. The van der Waals surface area contributed by atoms with Crippen molar-refractivity contribution in [1.29, 1.82) is 0 Å². The van der Waals surface area contributed by atoms with Crippen LogP contribution in [0.25, 0.3) is 11.4 Å². The van der Waals surface area contributed by atoms with Gasteiger partial charge in [0.05, 0.1) is 0 Å². The Bertz CT molecular complexity index is 566. The zero-order chi connectivity index (χ0) is 12.4. The van der Waals surface area contributed by atoms with Crippen molar-refractivity contribution in [2.24, 2.45) is 0 Å². The Hall–Kier alpha value is -1.84. The molecule has 0 aliphatic heterocycles. The quantitative estimate of drug-likeness (QED) is 0.883. The van der Waals surface area contributed by atoms with E-state index in [1.807, 2.05) is 6.07 Å². The number of hydrogen-bond acceptors (Lipinski definition) is 3. The molecule has 0 radical (unpaired) electrons.